The summed E-state index contributed by atoms with van der Waals surface area (Å²) in [4.78, 5) is 3.88. The summed E-state index contributed by atoms with van der Waals surface area (Å²) in [5.74, 6) is 0.268. The molecule has 0 bridgehead atoms. The van der Waals surface area contributed by atoms with Crippen LogP contribution in [0.2, 0.25) is 0 Å². The maximum atomic E-state index is 13.1. The molecule has 0 radical (unpaired) electrons. The van der Waals surface area contributed by atoms with Gasteiger partial charge >= 0.3 is 6.18 Å². The van der Waals surface area contributed by atoms with Gasteiger partial charge in [-0.3, -0.25) is 4.98 Å². The lowest BCUT2D eigenvalue weighted by atomic mass is 9.80. The number of nitrogens with zero attached hydrogens (tertiary/aromatic N) is 1. The van der Waals surface area contributed by atoms with Gasteiger partial charge < -0.3 is 5.32 Å². The van der Waals surface area contributed by atoms with E-state index in [0.29, 0.717) is 0 Å². The second-order valence-electron chi connectivity index (χ2n) is 5.13. The normalized spacial score (nSPS) is 19.4. The largest absolute Gasteiger partial charge is 0.416 e. The number of alkyl halides is 3. The van der Waals surface area contributed by atoms with Gasteiger partial charge in [0.05, 0.1) is 5.56 Å². The van der Waals surface area contributed by atoms with Crippen LogP contribution >= 0.6 is 0 Å². The quantitative estimate of drug-likeness (QED) is 0.901. The van der Waals surface area contributed by atoms with Gasteiger partial charge in [0.2, 0.25) is 0 Å². The third kappa shape index (κ3) is 3.26. The SMILES string of the molecule is CNC(c1cnccc1C(F)(F)F)C1CCCCC1. The summed E-state index contributed by atoms with van der Waals surface area (Å²) in [7, 11) is 1.73. The number of aromatic nitrogens is 1. The zero-order chi connectivity index (χ0) is 13.9. The first-order valence-corrected chi connectivity index (χ1v) is 6.72. The fraction of sp³-hybridized carbons (Fsp3) is 0.643. The van der Waals surface area contributed by atoms with Crippen molar-refractivity contribution in [1.82, 2.24) is 10.3 Å². The van der Waals surface area contributed by atoms with E-state index >= 15 is 0 Å². The van der Waals surface area contributed by atoms with Crippen molar-refractivity contribution in [1.29, 1.82) is 0 Å². The molecule has 1 atom stereocenters. The van der Waals surface area contributed by atoms with Crippen LogP contribution in [0.4, 0.5) is 13.2 Å². The molecule has 1 heterocycles. The van der Waals surface area contributed by atoms with Crippen molar-refractivity contribution in [3.63, 3.8) is 0 Å². The molecular weight excluding hydrogens is 253 g/mol. The Morgan fingerprint density at radius 1 is 1.26 bits per heavy atom. The summed E-state index contributed by atoms with van der Waals surface area (Å²) < 4.78 is 39.2. The van der Waals surface area contributed by atoms with E-state index in [1.807, 2.05) is 0 Å². The molecule has 0 aromatic carbocycles. The van der Waals surface area contributed by atoms with Crippen LogP contribution in [0.25, 0.3) is 0 Å². The summed E-state index contributed by atoms with van der Waals surface area (Å²) in [6, 6.07) is 0.813. The fourth-order valence-corrected chi connectivity index (χ4v) is 3.03. The van der Waals surface area contributed by atoms with Crippen LogP contribution in [0.3, 0.4) is 0 Å². The molecule has 2 rings (SSSR count). The van der Waals surface area contributed by atoms with Crippen molar-refractivity contribution in [2.24, 2.45) is 5.92 Å². The minimum Gasteiger partial charge on any atom is -0.313 e. The lowest BCUT2D eigenvalue weighted by Crippen LogP contribution is -2.29. The van der Waals surface area contributed by atoms with E-state index in [-0.39, 0.29) is 17.5 Å². The minimum absolute atomic E-state index is 0.259. The van der Waals surface area contributed by atoms with Crippen LogP contribution < -0.4 is 5.32 Å². The molecule has 19 heavy (non-hydrogen) atoms. The van der Waals surface area contributed by atoms with Gasteiger partial charge in [-0.15, -0.1) is 0 Å². The Kier molecular flexibility index (Phi) is 4.45. The summed E-state index contributed by atoms with van der Waals surface area (Å²) in [5, 5.41) is 3.06. The second-order valence-corrected chi connectivity index (χ2v) is 5.13. The van der Waals surface area contributed by atoms with E-state index in [9.17, 15) is 13.2 Å². The van der Waals surface area contributed by atoms with Gasteiger partial charge in [0, 0.05) is 18.4 Å². The molecule has 1 aliphatic carbocycles. The Morgan fingerprint density at radius 2 is 1.95 bits per heavy atom. The fourth-order valence-electron chi connectivity index (χ4n) is 3.03. The molecule has 1 unspecified atom stereocenters. The number of pyridine rings is 1. The van der Waals surface area contributed by atoms with Crippen molar-refractivity contribution in [3.8, 4) is 0 Å². The smallest absolute Gasteiger partial charge is 0.313 e. The van der Waals surface area contributed by atoms with Crippen LogP contribution in [0.5, 0.6) is 0 Å². The Morgan fingerprint density at radius 3 is 2.53 bits per heavy atom. The zero-order valence-electron chi connectivity index (χ0n) is 11.0. The Balaban J connectivity index is 2.32. The molecule has 0 amide bonds. The highest BCUT2D eigenvalue weighted by molar-refractivity contribution is 5.30. The van der Waals surface area contributed by atoms with Crippen molar-refractivity contribution in [3.05, 3.63) is 29.6 Å². The topological polar surface area (TPSA) is 24.9 Å². The van der Waals surface area contributed by atoms with E-state index in [2.05, 4.69) is 10.3 Å². The van der Waals surface area contributed by atoms with E-state index in [1.165, 1.54) is 18.8 Å². The average molecular weight is 272 g/mol. The number of nitrogens with one attached hydrogen (secondary N) is 1. The van der Waals surface area contributed by atoms with E-state index in [4.69, 9.17) is 0 Å². The highest BCUT2D eigenvalue weighted by Gasteiger charge is 2.37. The molecule has 0 spiro atoms. The number of hydrogen-bond acceptors (Lipinski definition) is 2. The van der Waals surface area contributed by atoms with E-state index < -0.39 is 11.7 Å². The summed E-state index contributed by atoms with van der Waals surface area (Å²) >= 11 is 0. The van der Waals surface area contributed by atoms with Gasteiger partial charge in [-0.2, -0.15) is 13.2 Å². The van der Waals surface area contributed by atoms with Gasteiger partial charge in [-0.05, 0) is 37.4 Å². The number of rotatable bonds is 3. The highest BCUT2D eigenvalue weighted by Crippen LogP contribution is 2.39. The molecule has 1 aromatic heterocycles. The van der Waals surface area contributed by atoms with Crippen molar-refractivity contribution >= 4 is 0 Å². The molecule has 2 nitrogen and oxygen atoms in total. The maximum absolute atomic E-state index is 13.1. The molecule has 1 aliphatic rings. The second kappa shape index (κ2) is 5.90. The first-order chi connectivity index (χ1) is 9.04. The summed E-state index contributed by atoms with van der Waals surface area (Å²) in [6.45, 7) is 0. The van der Waals surface area contributed by atoms with Crippen LogP contribution in [-0.2, 0) is 6.18 Å². The lowest BCUT2D eigenvalue weighted by molar-refractivity contribution is -0.138. The number of hydrogen-bond donors (Lipinski definition) is 1. The molecule has 1 aromatic rings. The van der Waals surface area contributed by atoms with Crippen molar-refractivity contribution < 1.29 is 13.2 Å². The molecule has 0 saturated heterocycles. The van der Waals surface area contributed by atoms with Gasteiger partial charge in [-0.25, -0.2) is 0 Å². The summed E-state index contributed by atoms with van der Waals surface area (Å²) in [5.41, 5.74) is -0.281. The Hall–Kier alpha value is -1.10. The highest BCUT2D eigenvalue weighted by atomic mass is 19.4. The van der Waals surface area contributed by atoms with Crippen molar-refractivity contribution in [2.75, 3.05) is 7.05 Å². The summed E-state index contributed by atoms with van der Waals surface area (Å²) in [6.07, 6.45) is 3.61. The third-order valence-electron chi connectivity index (χ3n) is 3.92. The maximum Gasteiger partial charge on any atom is 0.416 e. The van der Waals surface area contributed by atoms with Crippen molar-refractivity contribution in [2.45, 2.75) is 44.3 Å². The van der Waals surface area contributed by atoms with Gasteiger partial charge in [0.1, 0.15) is 0 Å². The van der Waals surface area contributed by atoms with Crippen LogP contribution in [0, 0.1) is 5.92 Å². The molecular formula is C14H19F3N2. The van der Waals surface area contributed by atoms with E-state index in [1.54, 1.807) is 7.05 Å². The third-order valence-corrected chi connectivity index (χ3v) is 3.92. The number of halogens is 3. The molecule has 106 valence electrons. The molecule has 1 N–H and O–H groups in total. The minimum atomic E-state index is -4.32. The van der Waals surface area contributed by atoms with Gasteiger partial charge in [-0.1, -0.05) is 19.3 Å². The average Bonchev–Trinajstić information content (AvgIpc) is 2.40. The molecule has 1 fully saturated rings. The predicted octanol–water partition coefficient (Wildman–Crippen LogP) is 3.94. The zero-order valence-corrected chi connectivity index (χ0v) is 11.0. The van der Waals surface area contributed by atoms with Crippen LogP contribution in [0.15, 0.2) is 18.5 Å². The Labute approximate surface area is 111 Å². The van der Waals surface area contributed by atoms with Crippen LogP contribution in [0.1, 0.15) is 49.3 Å². The predicted molar refractivity (Wildman–Crippen MR) is 67.6 cm³/mol. The molecule has 5 heteroatoms. The van der Waals surface area contributed by atoms with E-state index in [0.717, 1.165) is 31.7 Å². The lowest BCUT2D eigenvalue weighted by Gasteiger charge is -2.31. The first kappa shape index (κ1) is 14.3. The van der Waals surface area contributed by atoms with Crippen LogP contribution in [-0.4, -0.2) is 12.0 Å². The van der Waals surface area contributed by atoms with Gasteiger partial charge in [0.25, 0.3) is 0 Å². The molecule has 1 saturated carbocycles. The standard InChI is InChI=1S/C14H19F3N2/c1-18-13(10-5-3-2-4-6-10)11-9-19-8-7-12(11)14(15,16)17/h7-10,13,18H,2-6H2,1H3. The molecule has 0 aliphatic heterocycles. The monoisotopic (exact) mass is 272 g/mol. The van der Waals surface area contributed by atoms with Gasteiger partial charge in [0.15, 0.2) is 0 Å². The Bertz CT molecular complexity index is 411. The first-order valence-electron chi connectivity index (χ1n) is 6.72.